The third-order valence-corrected chi connectivity index (χ3v) is 3.91. The van der Waals surface area contributed by atoms with E-state index in [0.29, 0.717) is 11.7 Å². The van der Waals surface area contributed by atoms with Crippen molar-refractivity contribution in [3.8, 4) is 0 Å². The summed E-state index contributed by atoms with van der Waals surface area (Å²) in [5.74, 6) is 1.13. The third-order valence-electron chi connectivity index (χ3n) is 3.91. The summed E-state index contributed by atoms with van der Waals surface area (Å²) in [6.07, 6.45) is 6.83. The first-order valence-electron chi connectivity index (χ1n) is 7.11. The van der Waals surface area contributed by atoms with Crippen LogP contribution in [0.5, 0.6) is 0 Å². The molecule has 19 heavy (non-hydrogen) atoms. The Bertz CT molecular complexity index is 600. The molecule has 0 atom stereocenters. The van der Waals surface area contributed by atoms with Gasteiger partial charge < -0.3 is 10.3 Å². The molecule has 3 rings (SSSR count). The summed E-state index contributed by atoms with van der Waals surface area (Å²) >= 11 is 0. The molecule has 0 unspecified atom stereocenters. The second kappa shape index (κ2) is 4.22. The quantitative estimate of drug-likeness (QED) is 0.852. The predicted molar refractivity (Wildman–Crippen MR) is 78.1 cm³/mol. The molecule has 4 nitrogen and oxygen atoms in total. The van der Waals surface area contributed by atoms with Crippen LogP contribution in [0.2, 0.25) is 0 Å². The maximum atomic E-state index is 5.83. The molecule has 2 N–H and O–H groups in total. The molecule has 2 aromatic heterocycles. The first kappa shape index (κ1) is 12.5. The molecule has 0 saturated heterocycles. The first-order chi connectivity index (χ1) is 8.97. The van der Waals surface area contributed by atoms with E-state index in [1.807, 2.05) is 6.07 Å². The van der Waals surface area contributed by atoms with Crippen molar-refractivity contribution in [2.24, 2.45) is 0 Å². The van der Waals surface area contributed by atoms with E-state index in [2.05, 4.69) is 30.3 Å². The molecule has 0 aromatic carbocycles. The number of pyridine rings is 1. The number of aromatic nitrogens is 3. The Hall–Kier alpha value is -1.58. The van der Waals surface area contributed by atoms with Crippen molar-refractivity contribution in [2.45, 2.75) is 57.9 Å². The molecular formula is C15H22N4. The number of hydrogen-bond acceptors (Lipinski definition) is 3. The summed E-state index contributed by atoms with van der Waals surface area (Å²) in [7, 11) is 0. The van der Waals surface area contributed by atoms with Crippen LogP contribution in [0.15, 0.2) is 12.3 Å². The van der Waals surface area contributed by atoms with Crippen molar-refractivity contribution in [1.82, 2.24) is 14.5 Å². The lowest BCUT2D eigenvalue weighted by Gasteiger charge is -2.23. The van der Waals surface area contributed by atoms with Gasteiger partial charge in [0.05, 0.1) is 11.9 Å². The van der Waals surface area contributed by atoms with Gasteiger partial charge in [0.2, 0.25) is 0 Å². The molecule has 1 aliphatic rings. The van der Waals surface area contributed by atoms with Gasteiger partial charge in [-0.1, -0.05) is 33.6 Å². The molecule has 1 fully saturated rings. The van der Waals surface area contributed by atoms with E-state index in [4.69, 9.17) is 10.7 Å². The molecule has 0 spiro atoms. The number of hydrogen-bond donors (Lipinski definition) is 1. The smallest absolute Gasteiger partial charge is 0.160 e. The van der Waals surface area contributed by atoms with Crippen molar-refractivity contribution in [1.29, 1.82) is 0 Å². The Morgan fingerprint density at radius 2 is 1.95 bits per heavy atom. The lowest BCUT2D eigenvalue weighted by atomic mass is 9.95. The van der Waals surface area contributed by atoms with E-state index in [1.54, 1.807) is 6.20 Å². The van der Waals surface area contributed by atoms with Gasteiger partial charge in [-0.05, 0) is 18.9 Å². The Morgan fingerprint density at radius 1 is 1.26 bits per heavy atom. The van der Waals surface area contributed by atoms with Gasteiger partial charge in [0.25, 0.3) is 0 Å². The fraction of sp³-hybridized carbons (Fsp3) is 0.600. The van der Waals surface area contributed by atoms with Crippen molar-refractivity contribution in [3.05, 3.63) is 18.1 Å². The largest absolute Gasteiger partial charge is 0.397 e. The minimum Gasteiger partial charge on any atom is -0.397 e. The molecule has 102 valence electrons. The average molecular weight is 258 g/mol. The molecule has 1 aliphatic carbocycles. The Morgan fingerprint density at radius 3 is 2.58 bits per heavy atom. The van der Waals surface area contributed by atoms with E-state index < -0.39 is 0 Å². The first-order valence-corrected chi connectivity index (χ1v) is 7.11. The molecule has 2 heterocycles. The van der Waals surface area contributed by atoms with Crippen molar-refractivity contribution in [3.63, 3.8) is 0 Å². The number of imidazole rings is 1. The molecule has 0 amide bonds. The zero-order valence-electron chi connectivity index (χ0n) is 12.0. The van der Waals surface area contributed by atoms with E-state index in [1.165, 1.54) is 25.7 Å². The highest BCUT2D eigenvalue weighted by Crippen LogP contribution is 2.36. The van der Waals surface area contributed by atoms with Gasteiger partial charge in [-0.25, -0.2) is 9.97 Å². The maximum Gasteiger partial charge on any atom is 0.160 e. The SMILES string of the molecule is CC(C)(C)c1nc2cc(N)cnc2n1C1CCCC1. The summed E-state index contributed by atoms with van der Waals surface area (Å²) in [5, 5.41) is 0. The summed E-state index contributed by atoms with van der Waals surface area (Å²) in [6.45, 7) is 6.63. The van der Waals surface area contributed by atoms with Gasteiger partial charge in [-0.3, -0.25) is 0 Å². The predicted octanol–water partition coefficient (Wildman–Crippen LogP) is 3.43. The Labute approximate surface area is 114 Å². The van der Waals surface area contributed by atoms with Gasteiger partial charge in [-0.15, -0.1) is 0 Å². The minimum atomic E-state index is 0.0258. The average Bonchev–Trinajstić information content (AvgIpc) is 2.91. The molecule has 0 aliphatic heterocycles. The number of nitrogens with two attached hydrogens (primary N) is 1. The van der Waals surface area contributed by atoms with Crippen molar-refractivity contribution >= 4 is 16.9 Å². The summed E-state index contributed by atoms with van der Waals surface area (Å²) in [6, 6.07) is 2.48. The normalized spacial score (nSPS) is 17.4. The van der Waals surface area contributed by atoms with Crippen molar-refractivity contribution < 1.29 is 0 Å². The minimum absolute atomic E-state index is 0.0258. The Kier molecular flexibility index (Phi) is 2.77. The summed E-state index contributed by atoms with van der Waals surface area (Å²) in [4.78, 5) is 9.34. The maximum absolute atomic E-state index is 5.83. The fourth-order valence-electron chi connectivity index (χ4n) is 3.04. The molecule has 2 aromatic rings. The molecule has 4 heteroatoms. The highest BCUT2D eigenvalue weighted by molar-refractivity contribution is 5.75. The number of rotatable bonds is 1. The molecule has 0 radical (unpaired) electrons. The number of nitrogen functional groups attached to an aromatic ring is 1. The third kappa shape index (κ3) is 2.09. The van der Waals surface area contributed by atoms with Gasteiger partial charge in [0.15, 0.2) is 5.65 Å². The molecular weight excluding hydrogens is 236 g/mol. The summed E-state index contributed by atoms with van der Waals surface area (Å²) < 4.78 is 2.36. The second-order valence-corrected chi connectivity index (χ2v) is 6.61. The second-order valence-electron chi connectivity index (χ2n) is 6.61. The highest BCUT2D eigenvalue weighted by atomic mass is 15.2. The van der Waals surface area contributed by atoms with Crippen LogP contribution >= 0.6 is 0 Å². The van der Waals surface area contributed by atoms with Crippen LogP contribution in [-0.4, -0.2) is 14.5 Å². The van der Waals surface area contributed by atoms with Crippen LogP contribution in [0.4, 0.5) is 5.69 Å². The fourth-order valence-corrected chi connectivity index (χ4v) is 3.04. The van der Waals surface area contributed by atoms with Gasteiger partial charge in [-0.2, -0.15) is 0 Å². The molecule has 0 bridgehead atoms. The van der Waals surface area contributed by atoms with E-state index >= 15 is 0 Å². The van der Waals surface area contributed by atoms with E-state index in [-0.39, 0.29) is 5.41 Å². The van der Waals surface area contributed by atoms with Gasteiger partial charge >= 0.3 is 0 Å². The van der Waals surface area contributed by atoms with Gasteiger partial charge in [0, 0.05) is 11.5 Å². The van der Waals surface area contributed by atoms with Crippen LogP contribution in [-0.2, 0) is 5.41 Å². The Balaban J connectivity index is 2.25. The highest BCUT2D eigenvalue weighted by Gasteiger charge is 2.29. The molecule has 1 saturated carbocycles. The standard InChI is InChI=1S/C15H22N4/c1-15(2,3)14-18-12-8-10(16)9-17-13(12)19(14)11-6-4-5-7-11/h8-9,11H,4-7,16H2,1-3H3. The number of anilines is 1. The summed E-state index contributed by atoms with van der Waals surface area (Å²) in [5.41, 5.74) is 8.46. The van der Waals surface area contributed by atoms with Crippen LogP contribution < -0.4 is 5.73 Å². The number of fused-ring (bicyclic) bond motifs is 1. The monoisotopic (exact) mass is 258 g/mol. The van der Waals surface area contributed by atoms with Crippen LogP contribution in [0.1, 0.15) is 58.3 Å². The van der Waals surface area contributed by atoms with E-state index in [0.717, 1.165) is 17.0 Å². The lowest BCUT2D eigenvalue weighted by molar-refractivity contribution is 0.444. The van der Waals surface area contributed by atoms with Crippen LogP contribution in [0.3, 0.4) is 0 Å². The number of nitrogens with zero attached hydrogens (tertiary/aromatic N) is 3. The lowest BCUT2D eigenvalue weighted by Crippen LogP contribution is -2.21. The van der Waals surface area contributed by atoms with Crippen LogP contribution in [0, 0.1) is 0 Å². The zero-order chi connectivity index (χ0) is 13.6. The topological polar surface area (TPSA) is 56.7 Å². The van der Waals surface area contributed by atoms with Crippen LogP contribution in [0.25, 0.3) is 11.2 Å². The van der Waals surface area contributed by atoms with Gasteiger partial charge in [0.1, 0.15) is 11.3 Å². The zero-order valence-corrected chi connectivity index (χ0v) is 12.0. The van der Waals surface area contributed by atoms with Crippen molar-refractivity contribution in [2.75, 3.05) is 5.73 Å². The van der Waals surface area contributed by atoms with E-state index in [9.17, 15) is 0 Å².